The van der Waals surface area contributed by atoms with Gasteiger partial charge in [-0.15, -0.1) is 12.4 Å². The van der Waals surface area contributed by atoms with Gasteiger partial charge in [0, 0.05) is 24.8 Å². The molecule has 1 aliphatic rings. The van der Waals surface area contributed by atoms with Crippen LogP contribution in [0.25, 0.3) is 0 Å². The fraction of sp³-hybridized carbons (Fsp3) is 0.294. The minimum atomic E-state index is -0.168. The summed E-state index contributed by atoms with van der Waals surface area (Å²) in [6.07, 6.45) is 2.92. The molecule has 0 spiro atoms. The zero-order chi connectivity index (χ0) is 16.2. The quantitative estimate of drug-likeness (QED) is 0.832. The summed E-state index contributed by atoms with van der Waals surface area (Å²) >= 11 is 0. The third-order valence-electron chi connectivity index (χ3n) is 4.05. The molecule has 0 aliphatic carbocycles. The maximum atomic E-state index is 12.2. The highest BCUT2D eigenvalue weighted by Gasteiger charge is 2.26. The minimum absolute atomic E-state index is 0. The average Bonchev–Trinajstić information content (AvgIpc) is 3.09. The number of anilines is 1. The largest absolute Gasteiger partial charge is 0.459 e. The van der Waals surface area contributed by atoms with Crippen LogP contribution in [0.1, 0.15) is 33.8 Å². The smallest absolute Gasteiger partial charge is 0.289 e. The van der Waals surface area contributed by atoms with E-state index >= 15 is 0 Å². The number of halogens is 1. The summed E-state index contributed by atoms with van der Waals surface area (Å²) in [5.41, 5.74) is 6.77. The van der Waals surface area contributed by atoms with Crippen molar-refractivity contribution in [3.05, 3.63) is 54.0 Å². The molecule has 7 heteroatoms. The van der Waals surface area contributed by atoms with Gasteiger partial charge in [-0.3, -0.25) is 9.59 Å². The van der Waals surface area contributed by atoms with Crippen LogP contribution < -0.4 is 11.1 Å². The number of furan rings is 1. The topological polar surface area (TPSA) is 88.6 Å². The summed E-state index contributed by atoms with van der Waals surface area (Å²) in [5, 5.41) is 2.99. The molecule has 1 aromatic heterocycles. The number of likely N-dealkylation sites (tertiary alicyclic amines) is 1. The third-order valence-corrected chi connectivity index (χ3v) is 4.05. The zero-order valence-corrected chi connectivity index (χ0v) is 13.9. The number of nitrogen functional groups attached to an aromatic ring is 1. The summed E-state index contributed by atoms with van der Waals surface area (Å²) in [7, 11) is 0. The SMILES string of the molecule is Cl.Nc1ccccc1C(=O)NC1CCN(C(=O)c2ccco2)CC1. The van der Waals surface area contributed by atoms with Crippen molar-refractivity contribution in [1.82, 2.24) is 10.2 Å². The lowest BCUT2D eigenvalue weighted by molar-refractivity contribution is 0.0667. The Balaban J connectivity index is 0.00000208. The second-order valence-electron chi connectivity index (χ2n) is 5.60. The van der Waals surface area contributed by atoms with Gasteiger partial charge in [-0.25, -0.2) is 0 Å². The Morgan fingerprint density at radius 1 is 1.12 bits per heavy atom. The van der Waals surface area contributed by atoms with Crippen molar-refractivity contribution in [3.63, 3.8) is 0 Å². The highest BCUT2D eigenvalue weighted by molar-refractivity contribution is 5.99. The Labute approximate surface area is 146 Å². The van der Waals surface area contributed by atoms with Gasteiger partial charge in [0.25, 0.3) is 11.8 Å². The Bertz CT molecular complexity index is 695. The predicted octanol–water partition coefficient (Wildman–Crippen LogP) is 2.32. The van der Waals surface area contributed by atoms with Crippen molar-refractivity contribution in [1.29, 1.82) is 0 Å². The number of nitrogens with two attached hydrogens (primary N) is 1. The number of piperidine rings is 1. The molecule has 0 bridgehead atoms. The lowest BCUT2D eigenvalue weighted by Gasteiger charge is -2.32. The molecule has 0 unspecified atom stereocenters. The Morgan fingerprint density at radius 3 is 2.46 bits per heavy atom. The lowest BCUT2D eigenvalue weighted by Crippen LogP contribution is -2.46. The minimum Gasteiger partial charge on any atom is -0.459 e. The first kappa shape index (κ1) is 17.9. The normalized spacial score (nSPS) is 14.8. The maximum absolute atomic E-state index is 12.2. The van der Waals surface area contributed by atoms with E-state index in [-0.39, 0.29) is 30.3 Å². The van der Waals surface area contributed by atoms with Crippen molar-refractivity contribution in [2.45, 2.75) is 18.9 Å². The number of nitrogens with zero attached hydrogens (tertiary/aromatic N) is 1. The molecule has 6 nitrogen and oxygen atoms in total. The van der Waals surface area contributed by atoms with E-state index in [1.807, 2.05) is 0 Å². The lowest BCUT2D eigenvalue weighted by atomic mass is 10.0. The van der Waals surface area contributed by atoms with Gasteiger partial charge < -0.3 is 20.4 Å². The molecule has 2 aromatic rings. The van der Waals surface area contributed by atoms with Crippen molar-refractivity contribution in [3.8, 4) is 0 Å². The number of carbonyl (C=O) groups is 2. The van der Waals surface area contributed by atoms with Gasteiger partial charge in [0.2, 0.25) is 0 Å². The highest BCUT2D eigenvalue weighted by Crippen LogP contribution is 2.16. The monoisotopic (exact) mass is 349 g/mol. The van der Waals surface area contributed by atoms with Crippen LogP contribution in [0.4, 0.5) is 5.69 Å². The fourth-order valence-corrected chi connectivity index (χ4v) is 2.75. The highest BCUT2D eigenvalue weighted by atomic mass is 35.5. The Kier molecular flexibility index (Phi) is 5.87. The number of hydrogen-bond acceptors (Lipinski definition) is 4. The zero-order valence-electron chi connectivity index (χ0n) is 13.1. The molecule has 1 aliphatic heterocycles. The van der Waals surface area contributed by atoms with Gasteiger partial charge in [-0.05, 0) is 37.1 Å². The van der Waals surface area contributed by atoms with Crippen LogP contribution in [0, 0.1) is 0 Å². The Morgan fingerprint density at radius 2 is 1.83 bits per heavy atom. The van der Waals surface area contributed by atoms with E-state index in [1.54, 1.807) is 41.3 Å². The van der Waals surface area contributed by atoms with Crippen LogP contribution in [0.2, 0.25) is 0 Å². The molecule has 1 fully saturated rings. The number of carbonyl (C=O) groups excluding carboxylic acids is 2. The Hall–Kier alpha value is -2.47. The molecule has 2 amide bonds. The summed E-state index contributed by atoms with van der Waals surface area (Å²) < 4.78 is 5.14. The van der Waals surface area contributed by atoms with Crippen LogP contribution in [0.5, 0.6) is 0 Å². The molecule has 0 radical (unpaired) electrons. The van der Waals surface area contributed by atoms with Crippen LogP contribution in [0.3, 0.4) is 0 Å². The number of hydrogen-bond donors (Lipinski definition) is 2. The van der Waals surface area contributed by atoms with Gasteiger partial charge in [-0.1, -0.05) is 12.1 Å². The first-order chi connectivity index (χ1) is 11.1. The average molecular weight is 350 g/mol. The summed E-state index contributed by atoms with van der Waals surface area (Å²) in [5.74, 6) is 0.0792. The van der Waals surface area contributed by atoms with E-state index in [9.17, 15) is 9.59 Å². The van der Waals surface area contributed by atoms with Gasteiger partial charge in [0.05, 0.1) is 11.8 Å². The molecular weight excluding hydrogens is 330 g/mol. The molecule has 1 aromatic carbocycles. The van der Waals surface area contributed by atoms with Gasteiger partial charge in [-0.2, -0.15) is 0 Å². The molecule has 0 saturated carbocycles. The molecule has 3 N–H and O–H groups in total. The van der Waals surface area contributed by atoms with E-state index < -0.39 is 0 Å². The standard InChI is InChI=1S/C17H19N3O3.ClH/c18-14-5-2-1-4-13(14)16(21)19-12-7-9-20(10-8-12)17(22)15-6-3-11-23-15;/h1-6,11-12H,7-10,18H2,(H,19,21);1H. The molecular formula is C17H20ClN3O3. The van der Waals surface area contributed by atoms with Gasteiger partial charge in [0.1, 0.15) is 0 Å². The fourth-order valence-electron chi connectivity index (χ4n) is 2.75. The summed E-state index contributed by atoms with van der Waals surface area (Å²) in [4.78, 5) is 26.2. The number of benzene rings is 1. The van der Waals surface area contributed by atoms with E-state index in [2.05, 4.69) is 5.32 Å². The summed E-state index contributed by atoms with van der Waals surface area (Å²) in [6.45, 7) is 1.18. The first-order valence-corrected chi connectivity index (χ1v) is 7.63. The molecule has 128 valence electrons. The summed E-state index contributed by atoms with van der Waals surface area (Å²) in [6, 6.07) is 10.4. The second-order valence-corrected chi connectivity index (χ2v) is 5.60. The van der Waals surface area contributed by atoms with Crippen molar-refractivity contribution < 1.29 is 14.0 Å². The van der Waals surface area contributed by atoms with Crippen LogP contribution in [-0.4, -0.2) is 35.8 Å². The molecule has 2 heterocycles. The van der Waals surface area contributed by atoms with Gasteiger partial charge in [0.15, 0.2) is 5.76 Å². The molecule has 3 rings (SSSR count). The van der Waals surface area contributed by atoms with Crippen LogP contribution >= 0.6 is 12.4 Å². The van der Waals surface area contributed by atoms with Crippen LogP contribution in [0.15, 0.2) is 47.1 Å². The molecule has 0 atom stereocenters. The predicted molar refractivity (Wildman–Crippen MR) is 93.2 cm³/mol. The molecule has 1 saturated heterocycles. The van der Waals surface area contributed by atoms with E-state index in [0.717, 1.165) is 0 Å². The van der Waals surface area contributed by atoms with E-state index in [0.29, 0.717) is 42.9 Å². The maximum Gasteiger partial charge on any atom is 0.289 e. The van der Waals surface area contributed by atoms with Crippen molar-refractivity contribution >= 4 is 29.9 Å². The van der Waals surface area contributed by atoms with Crippen molar-refractivity contribution in [2.24, 2.45) is 0 Å². The number of rotatable bonds is 3. The number of para-hydroxylation sites is 1. The van der Waals surface area contributed by atoms with E-state index in [1.165, 1.54) is 6.26 Å². The third kappa shape index (κ3) is 3.89. The van der Waals surface area contributed by atoms with E-state index in [4.69, 9.17) is 10.2 Å². The number of amides is 2. The van der Waals surface area contributed by atoms with Gasteiger partial charge >= 0.3 is 0 Å². The van der Waals surface area contributed by atoms with Crippen molar-refractivity contribution in [2.75, 3.05) is 18.8 Å². The van der Waals surface area contributed by atoms with Crippen LogP contribution in [-0.2, 0) is 0 Å². The first-order valence-electron chi connectivity index (χ1n) is 7.63. The second kappa shape index (κ2) is 7.88. The molecule has 24 heavy (non-hydrogen) atoms. The number of nitrogens with one attached hydrogen (secondary N) is 1.